The predicted octanol–water partition coefficient (Wildman–Crippen LogP) is 1.51. The number of hydrogen-bond acceptors (Lipinski definition) is 5. The minimum absolute atomic E-state index is 0.203. The molecule has 0 radical (unpaired) electrons. The molecule has 0 saturated carbocycles. The van der Waals surface area contributed by atoms with Crippen LogP contribution in [0.1, 0.15) is 11.6 Å². The lowest BCUT2D eigenvalue weighted by Crippen LogP contribution is -2.26. The van der Waals surface area contributed by atoms with Crippen LogP contribution >= 0.6 is 0 Å². The number of benzene rings is 1. The van der Waals surface area contributed by atoms with Gasteiger partial charge in [0.2, 0.25) is 10.0 Å². The third-order valence-electron chi connectivity index (χ3n) is 2.71. The van der Waals surface area contributed by atoms with Crippen molar-refractivity contribution >= 4 is 10.0 Å². The average Bonchev–Trinajstić information content (AvgIpc) is 2.84. The van der Waals surface area contributed by atoms with Crippen LogP contribution < -0.4 is 9.46 Å². The molecule has 6 nitrogen and oxygen atoms in total. The van der Waals surface area contributed by atoms with Crippen molar-refractivity contribution in [1.29, 1.82) is 0 Å². The summed E-state index contributed by atoms with van der Waals surface area (Å²) >= 11 is 0. The second-order valence-electron chi connectivity index (χ2n) is 4.18. The number of hydrogen-bond donors (Lipinski definition) is 1. The van der Waals surface area contributed by atoms with Crippen LogP contribution in [0, 0.1) is 6.92 Å². The van der Waals surface area contributed by atoms with E-state index in [0.717, 1.165) is 5.69 Å². The fourth-order valence-corrected chi connectivity index (χ4v) is 2.71. The van der Waals surface area contributed by atoms with Gasteiger partial charge in [-0.25, -0.2) is 18.1 Å². The van der Waals surface area contributed by atoms with Crippen molar-refractivity contribution in [2.75, 3.05) is 13.7 Å². The maximum Gasteiger partial charge on any atom is 0.240 e. The van der Waals surface area contributed by atoms with E-state index in [2.05, 4.69) is 9.71 Å². The first-order valence-corrected chi connectivity index (χ1v) is 7.54. The van der Waals surface area contributed by atoms with Crippen molar-refractivity contribution in [1.82, 2.24) is 9.71 Å². The van der Waals surface area contributed by atoms with Gasteiger partial charge in [-0.3, -0.25) is 0 Å². The fourth-order valence-electron chi connectivity index (χ4n) is 1.67. The quantitative estimate of drug-likeness (QED) is 0.874. The molecule has 108 valence electrons. The van der Waals surface area contributed by atoms with Gasteiger partial charge < -0.3 is 9.15 Å². The van der Waals surface area contributed by atoms with Gasteiger partial charge in [0, 0.05) is 19.9 Å². The standard InChI is InChI=1S/C13H16N2O4S/c1-10-15-11(9-19-10)7-8-14-20(16,17)13-5-3-12(18-2)4-6-13/h3-6,9,14H,7-8H2,1-2H3. The Morgan fingerprint density at radius 3 is 2.55 bits per heavy atom. The molecule has 0 unspecified atom stereocenters. The summed E-state index contributed by atoms with van der Waals surface area (Å²) in [6.45, 7) is 2.01. The molecule has 1 N–H and O–H groups in total. The maximum atomic E-state index is 12.0. The largest absolute Gasteiger partial charge is 0.497 e. The first kappa shape index (κ1) is 14.5. The van der Waals surface area contributed by atoms with Crippen LogP contribution in [0.3, 0.4) is 0 Å². The van der Waals surface area contributed by atoms with Crippen molar-refractivity contribution in [3.05, 3.63) is 42.1 Å². The van der Waals surface area contributed by atoms with E-state index in [1.54, 1.807) is 19.1 Å². The van der Waals surface area contributed by atoms with E-state index >= 15 is 0 Å². The molecular formula is C13H16N2O4S. The number of nitrogens with one attached hydrogen (secondary N) is 1. The number of oxazole rings is 1. The second kappa shape index (κ2) is 6.06. The van der Waals surface area contributed by atoms with Gasteiger partial charge in [-0.05, 0) is 24.3 Å². The number of nitrogens with zero attached hydrogens (tertiary/aromatic N) is 1. The van der Waals surface area contributed by atoms with E-state index in [-0.39, 0.29) is 11.4 Å². The van der Waals surface area contributed by atoms with Gasteiger partial charge in [0.15, 0.2) is 5.89 Å². The molecule has 0 fully saturated rings. The van der Waals surface area contributed by atoms with Crippen molar-refractivity contribution in [2.45, 2.75) is 18.2 Å². The topological polar surface area (TPSA) is 81.4 Å². The summed E-state index contributed by atoms with van der Waals surface area (Å²) in [4.78, 5) is 4.31. The van der Waals surface area contributed by atoms with Crippen molar-refractivity contribution in [3.63, 3.8) is 0 Å². The van der Waals surface area contributed by atoms with Gasteiger partial charge in [0.1, 0.15) is 12.0 Å². The number of aryl methyl sites for hydroxylation is 1. The van der Waals surface area contributed by atoms with E-state index in [1.807, 2.05) is 0 Å². The molecule has 0 saturated heterocycles. The molecule has 1 aromatic carbocycles. The van der Waals surface area contributed by atoms with E-state index in [1.165, 1.54) is 25.5 Å². The van der Waals surface area contributed by atoms with E-state index in [4.69, 9.17) is 9.15 Å². The third-order valence-corrected chi connectivity index (χ3v) is 4.19. The molecule has 20 heavy (non-hydrogen) atoms. The molecule has 1 aromatic heterocycles. The SMILES string of the molecule is COc1ccc(S(=O)(=O)NCCc2coc(C)n2)cc1. The molecular weight excluding hydrogens is 280 g/mol. The summed E-state index contributed by atoms with van der Waals surface area (Å²) in [6.07, 6.45) is 2.00. The Kier molecular flexibility index (Phi) is 4.41. The van der Waals surface area contributed by atoms with Crippen molar-refractivity contribution in [3.8, 4) is 5.75 Å². The number of ether oxygens (including phenoxy) is 1. The zero-order chi connectivity index (χ0) is 14.6. The van der Waals surface area contributed by atoms with Gasteiger partial charge >= 0.3 is 0 Å². The lowest BCUT2D eigenvalue weighted by atomic mass is 10.3. The van der Waals surface area contributed by atoms with E-state index in [0.29, 0.717) is 18.1 Å². The monoisotopic (exact) mass is 296 g/mol. The number of rotatable bonds is 6. The normalized spacial score (nSPS) is 11.5. The lowest BCUT2D eigenvalue weighted by molar-refractivity contribution is 0.414. The summed E-state index contributed by atoms with van der Waals surface area (Å²) < 4.78 is 36.6. The highest BCUT2D eigenvalue weighted by Gasteiger charge is 2.13. The van der Waals surface area contributed by atoms with Gasteiger partial charge in [-0.1, -0.05) is 0 Å². The first-order chi connectivity index (χ1) is 9.51. The van der Waals surface area contributed by atoms with Crippen molar-refractivity contribution < 1.29 is 17.6 Å². The smallest absolute Gasteiger partial charge is 0.240 e. The molecule has 0 aliphatic heterocycles. The van der Waals surface area contributed by atoms with Crippen LogP contribution in [-0.2, 0) is 16.4 Å². The third kappa shape index (κ3) is 3.58. The van der Waals surface area contributed by atoms with Gasteiger partial charge in [0.05, 0.1) is 17.7 Å². The molecule has 2 rings (SSSR count). The predicted molar refractivity (Wildman–Crippen MR) is 73.1 cm³/mol. The van der Waals surface area contributed by atoms with Gasteiger partial charge in [-0.2, -0.15) is 0 Å². The number of sulfonamides is 1. The molecule has 0 spiro atoms. The van der Waals surface area contributed by atoms with Crippen LogP contribution in [0.25, 0.3) is 0 Å². The summed E-state index contributed by atoms with van der Waals surface area (Å²) in [7, 11) is -1.98. The van der Waals surface area contributed by atoms with E-state index < -0.39 is 10.0 Å². The molecule has 7 heteroatoms. The highest BCUT2D eigenvalue weighted by atomic mass is 32.2. The Morgan fingerprint density at radius 2 is 2.00 bits per heavy atom. The Morgan fingerprint density at radius 1 is 1.30 bits per heavy atom. The average molecular weight is 296 g/mol. The molecule has 0 aliphatic carbocycles. The number of methoxy groups -OCH3 is 1. The minimum atomic E-state index is -3.51. The molecule has 0 aliphatic rings. The molecule has 0 bridgehead atoms. The van der Waals surface area contributed by atoms with Crippen LogP contribution in [-0.4, -0.2) is 27.1 Å². The van der Waals surface area contributed by atoms with Crippen LogP contribution in [0.4, 0.5) is 0 Å². The summed E-state index contributed by atoms with van der Waals surface area (Å²) in [5.41, 5.74) is 0.722. The molecule has 1 heterocycles. The zero-order valence-electron chi connectivity index (χ0n) is 11.3. The lowest BCUT2D eigenvalue weighted by Gasteiger charge is -2.06. The van der Waals surface area contributed by atoms with Crippen LogP contribution in [0.5, 0.6) is 5.75 Å². The summed E-state index contributed by atoms with van der Waals surface area (Å²) in [5, 5.41) is 0. The first-order valence-electron chi connectivity index (χ1n) is 6.06. The Balaban J connectivity index is 1.96. The van der Waals surface area contributed by atoms with Gasteiger partial charge in [-0.15, -0.1) is 0 Å². The highest BCUT2D eigenvalue weighted by Crippen LogP contribution is 2.15. The second-order valence-corrected chi connectivity index (χ2v) is 5.95. The van der Waals surface area contributed by atoms with E-state index in [9.17, 15) is 8.42 Å². The zero-order valence-corrected chi connectivity index (χ0v) is 12.1. The number of aromatic nitrogens is 1. The van der Waals surface area contributed by atoms with Crippen LogP contribution in [0.2, 0.25) is 0 Å². The molecule has 2 aromatic rings. The fraction of sp³-hybridized carbons (Fsp3) is 0.308. The Hall–Kier alpha value is -1.86. The maximum absolute atomic E-state index is 12.0. The molecule has 0 amide bonds. The summed E-state index contributed by atoms with van der Waals surface area (Å²) in [6, 6.07) is 6.22. The minimum Gasteiger partial charge on any atom is -0.497 e. The highest BCUT2D eigenvalue weighted by molar-refractivity contribution is 7.89. The van der Waals surface area contributed by atoms with Crippen LogP contribution in [0.15, 0.2) is 39.8 Å². The van der Waals surface area contributed by atoms with Gasteiger partial charge in [0.25, 0.3) is 0 Å². The Labute approximate surface area is 117 Å². The summed E-state index contributed by atoms with van der Waals surface area (Å²) in [5.74, 6) is 1.18. The molecule has 0 atom stereocenters. The van der Waals surface area contributed by atoms with Crippen molar-refractivity contribution in [2.24, 2.45) is 0 Å². The Bertz CT molecular complexity index is 662.